The van der Waals surface area contributed by atoms with E-state index in [-0.39, 0.29) is 28.3 Å². The van der Waals surface area contributed by atoms with Crippen LogP contribution in [-0.4, -0.2) is 71.5 Å². The summed E-state index contributed by atoms with van der Waals surface area (Å²) >= 11 is 3.79. The predicted octanol–water partition coefficient (Wildman–Crippen LogP) is 3.06. The van der Waals surface area contributed by atoms with Gasteiger partial charge >= 0.3 is 5.97 Å². The zero-order valence-electron chi connectivity index (χ0n) is 21.5. The highest BCUT2D eigenvalue weighted by atomic mass is 32.2. The van der Waals surface area contributed by atoms with Gasteiger partial charge in [-0.25, -0.2) is 14.5 Å². The zero-order chi connectivity index (χ0) is 28.5. The van der Waals surface area contributed by atoms with Crippen LogP contribution in [0.1, 0.15) is 31.4 Å². The van der Waals surface area contributed by atoms with Crippen LogP contribution in [0.4, 0.5) is 5.13 Å². The minimum Gasteiger partial charge on any atom is -0.477 e. The molecule has 1 saturated heterocycles. The van der Waals surface area contributed by atoms with Crippen LogP contribution in [0.15, 0.2) is 68.8 Å². The fourth-order valence-corrected chi connectivity index (χ4v) is 7.94. The summed E-state index contributed by atoms with van der Waals surface area (Å²) in [6, 6.07) is 10.3. The largest absolute Gasteiger partial charge is 0.477 e. The molecule has 41 heavy (non-hydrogen) atoms. The van der Waals surface area contributed by atoms with Crippen LogP contribution >= 0.6 is 34.9 Å². The Labute approximate surface area is 247 Å². The smallest absolute Gasteiger partial charge is 0.353 e. The molecular weight excluding hydrogens is 587 g/mol. The Hall–Kier alpha value is -3.82. The molecule has 2 amide bonds. The molecule has 2 fully saturated rings. The Kier molecular flexibility index (Phi) is 7.73. The molecule has 2 atom stereocenters. The van der Waals surface area contributed by atoms with Gasteiger partial charge in [0.05, 0.1) is 11.9 Å². The highest BCUT2D eigenvalue weighted by Crippen LogP contribution is 2.45. The molecule has 0 spiro atoms. The van der Waals surface area contributed by atoms with E-state index in [0.717, 1.165) is 42.7 Å². The van der Waals surface area contributed by atoms with Gasteiger partial charge in [0.1, 0.15) is 33.9 Å². The zero-order valence-corrected chi connectivity index (χ0v) is 24.0. The van der Waals surface area contributed by atoms with E-state index in [2.05, 4.69) is 20.6 Å². The number of oxime groups is 1. The highest BCUT2D eigenvalue weighted by molar-refractivity contribution is 8.06. The maximum atomic E-state index is 13.3. The van der Waals surface area contributed by atoms with Gasteiger partial charge < -0.3 is 21.0 Å². The van der Waals surface area contributed by atoms with E-state index in [0.29, 0.717) is 15.7 Å². The maximum Gasteiger partial charge on any atom is 0.353 e. The third-order valence-corrected chi connectivity index (χ3v) is 10.1. The normalized spacial score (nSPS) is 21.0. The number of thiazole rings is 1. The van der Waals surface area contributed by atoms with Crippen molar-refractivity contribution in [3.63, 3.8) is 0 Å². The van der Waals surface area contributed by atoms with E-state index in [1.165, 1.54) is 28.4 Å². The first-order valence-corrected chi connectivity index (χ1v) is 15.6. The number of carbonyl (C=O) groups excluding carboxylic acids is 2. The molecule has 1 aromatic carbocycles. The molecule has 2 aliphatic heterocycles. The number of aliphatic carboxylic acids is 1. The summed E-state index contributed by atoms with van der Waals surface area (Å²) in [6.45, 7) is 0. The van der Waals surface area contributed by atoms with Crippen LogP contribution in [0.2, 0.25) is 0 Å². The number of carboxylic acids is 1. The molecule has 1 saturated carbocycles. The first kappa shape index (κ1) is 27.4. The van der Waals surface area contributed by atoms with Gasteiger partial charge in [-0.05, 0) is 43.9 Å². The summed E-state index contributed by atoms with van der Waals surface area (Å²) in [5.74, 6) is -2.04. The Balaban J connectivity index is 1.20. The summed E-state index contributed by atoms with van der Waals surface area (Å²) in [5, 5.41) is 23.3. The lowest BCUT2D eigenvalue weighted by Crippen LogP contribution is -2.71. The monoisotopic (exact) mass is 611 g/mol. The molecule has 3 aliphatic rings. The number of nitrogens with two attached hydrogens (primary N) is 1. The van der Waals surface area contributed by atoms with E-state index >= 15 is 0 Å². The van der Waals surface area contributed by atoms with E-state index < -0.39 is 29.2 Å². The van der Waals surface area contributed by atoms with Crippen molar-refractivity contribution in [1.82, 2.24) is 25.0 Å². The van der Waals surface area contributed by atoms with Crippen LogP contribution in [0.3, 0.4) is 0 Å². The lowest BCUT2D eigenvalue weighted by Gasteiger charge is -2.49. The maximum absolute atomic E-state index is 13.3. The second-order valence-corrected chi connectivity index (χ2v) is 12.6. The van der Waals surface area contributed by atoms with Crippen LogP contribution < -0.4 is 11.1 Å². The number of anilines is 1. The van der Waals surface area contributed by atoms with Gasteiger partial charge in [0.2, 0.25) is 0 Å². The number of nitrogens with one attached hydrogen (secondary N) is 1. The molecule has 0 unspecified atom stereocenters. The summed E-state index contributed by atoms with van der Waals surface area (Å²) in [6.07, 6.45) is 5.32. The number of β-lactam (4-membered cyclic amide) rings is 1. The van der Waals surface area contributed by atoms with Gasteiger partial charge in [-0.2, -0.15) is 5.10 Å². The number of benzene rings is 1. The Morgan fingerprint density at radius 2 is 1.98 bits per heavy atom. The number of rotatable bonds is 9. The number of carboxylic acid groups (broad SMARTS) is 1. The van der Waals surface area contributed by atoms with E-state index in [1.54, 1.807) is 22.3 Å². The lowest BCUT2D eigenvalue weighted by atomic mass is 10.0. The van der Waals surface area contributed by atoms with Gasteiger partial charge in [-0.3, -0.25) is 14.5 Å². The second-order valence-electron chi connectivity index (χ2n) is 9.48. The number of para-hydroxylation sites is 1. The first-order chi connectivity index (χ1) is 19.9. The van der Waals surface area contributed by atoms with Crippen molar-refractivity contribution in [1.29, 1.82) is 0 Å². The minimum absolute atomic E-state index is 0.0728. The number of nitrogen functional groups attached to an aromatic ring is 1. The Morgan fingerprint density at radius 1 is 1.20 bits per heavy atom. The number of nitrogens with zero attached hydrogens (tertiary/aromatic N) is 5. The van der Waals surface area contributed by atoms with Crippen LogP contribution in [0.25, 0.3) is 5.69 Å². The molecule has 0 bridgehead atoms. The number of hydrogen-bond acceptors (Lipinski definition) is 11. The topological polar surface area (TPSA) is 165 Å². The molecule has 15 heteroatoms. The van der Waals surface area contributed by atoms with E-state index in [4.69, 9.17) is 10.6 Å². The molecule has 4 heterocycles. The summed E-state index contributed by atoms with van der Waals surface area (Å²) in [7, 11) is 0. The SMILES string of the molecule is Nc1nc(/C(=N/OC2CCCC2)C(=O)N[C@@H]2C(=O)N3C(C(=O)O)=C(Sc4ccnn4-c4ccccc4)CS[C@H]23)cs1. The Morgan fingerprint density at radius 3 is 2.68 bits per heavy atom. The minimum atomic E-state index is -1.22. The van der Waals surface area contributed by atoms with Gasteiger partial charge in [0, 0.05) is 16.0 Å². The van der Waals surface area contributed by atoms with Crippen molar-refractivity contribution in [2.75, 3.05) is 11.5 Å². The van der Waals surface area contributed by atoms with E-state index in [1.807, 2.05) is 30.3 Å². The van der Waals surface area contributed by atoms with Gasteiger partial charge in [0.15, 0.2) is 10.8 Å². The number of carbonyl (C=O) groups is 3. The molecule has 12 nitrogen and oxygen atoms in total. The highest BCUT2D eigenvalue weighted by Gasteiger charge is 2.54. The third-order valence-electron chi connectivity index (χ3n) is 6.83. The van der Waals surface area contributed by atoms with Crippen molar-refractivity contribution in [3.8, 4) is 5.69 Å². The summed E-state index contributed by atoms with van der Waals surface area (Å²) in [5.41, 5.74) is 6.69. The van der Waals surface area contributed by atoms with Gasteiger partial charge in [0.25, 0.3) is 11.8 Å². The Bertz CT molecular complexity index is 1550. The lowest BCUT2D eigenvalue weighted by molar-refractivity contribution is -0.150. The molecule has 6 rings (SSSR count). The van der Waals surface area contributed by atoms with Crippen molar-refractivity contribution < 1.29 is 24.3 Å². The van der Waals surface area contributed by atoms with Crippen molar-refractivity contribution in [2.45, 2.75) is 48.2 Å². The summed E-state index contributed by atoms with van der Waals surface area (Å²) < 4.78 is 1.72. The molecule has 4 N–H and O–H groups in total. The van der Waals surface area contributed by atoms with Crippen molar-refractivity contribution in [2.24, 2.45) is 5.16 Å². The average Bonchev–Trinajstić information content (AvgIpc) is 3.75. The number of thioether (sulfide) groups is 2. The van der Waals surface area contributed by atoms with Crippen molar-refractivity contribution >= 4 is 63.5 Å². The fraction of sp³-hybridized carbons (Fsp3) is 0.308. The molecule has 212 valence electrons. The van der Waals surface area contributed by atoms with Crippen molar-refractivity contribution in [3.05, 3.63) is 64.3 Å². The third kappa shape index (κ3) is 5.44. The number of fused-ring (bicyclic) bond motifs is 1. The molecular formula is C26H25N7O5S3. The fourth-order valence-electron chi connectivity index (χ4n) is 4.86. The average molecular weight is 612 g/mol. The molecule has 2 aromatic heterocycles. The van der Waals surface area contributed by atoms with E-state index in [9.17, 15) is 19.5 Å². The van der Waals surface area contributed by atoms with Crippen LogP contribution in [0, 0.1) is 0 Å². The number of aromatic nitrogens is 3. The molecule has 1 aliphatic carbocycles. The van der Waals surface area contributed by atoms with Gasteiger partial charge in [-0.1, -0.05) is 35.1 Å². The van der Waals surface area contributed by atoms with Gasteiger partial charge in [-0.15, -0.1) is 23.1 Å². The standard InChI is InChI=1S/C26H25N7O5S3/c27-26-29-16(12-40-26)19(31-38-15-8-4-5-9-15)22(34)30-20-23(35)32-21(25(36)37)17(13-39-24(20)32)41-18-10-11-28-33(18)14-6-2-1-3-7-14/h1-3,6-7,10-12,15,20,24H,4-5,8-9,13H2,(H2,27,29)(H,30,34)(H,36,37)/b31-19-/t20-,24-/m1/s1. The first-order valence-electron chi connectivity index (χ1n) is 12.8. The molecule has 3 aromatic rings. The number of hydrogen-bond donors (Lipinski definition) is 3. The summed E-state index contributed by atoms with van der Waals surface area (Å²) in [4.78, 5) is 50.5. The van der Waals surface area contributed by atoms with Crippen LogP contribution in [0.5, 0.6) is 0 Å². The predicted molar refractivity (Wildman–Crippen MR) is 156 cm³/mol. The van der Waals surface area contributed by atoms with Crippen LogP contribution in [-0.2, 0) is 19.2 Å². The molecule has 0 radical (unpaired) electrons. The number of amides is 2. The quantitative estimate of drug-likeness (QED) is 0.186. The second kappa shape index (κ2) is 11.6.